The molecule has 0 heterocycles. The molecule has 0 rings (SSSR count). The van der Waals surface area contributed by atoms with E-state index in [0.717, 1.165) is 51.4 Å². The third-order valence-corrected chi connectivity index (χ3v) is 13.5. The number of amides is 1. The second kappa shape index (κ2) is 48.5. The van der Waals surface area contributed by atoms with Crippen molar-refractivity contribution in [2.45, 2.75) is 270 Å². The largest absolute Gasteiger partial charge is 0.472 e. The van der Waals surface area contributed by atoms with Gasteiger partial charge >= 0.3 is 7.82 Å². The number of quaternary nitrogens is 1. The monoisotopic (exact) mass is 950 g/mol. The minimum absolute atomic E-state index is 0.0613. The molecule has 0 fully saturated rings. The smallest absolute Gasteiger partial charge is 0.387 e. The highest BCUT2D eigenvalue weighted by atomic mass is 31.2. The molecule has 0 bridgehead atoms. The number of nitrogens with zero attached hydrogens (tertiary/aromatic N) is 1. The third-order valence-electron chi connectivity index (χ3n) is 12.5. The highest BCUT2D eigenvalue weighted by Crippen LogP contribution is 2.43. The second-order valence-electron chi connectivity index (χ2n) is 20.3. The van der Waals surface area contributed by atoms with E-state index >= 15 is 0 Å². The average Bonchev–Trinajstić information content (AvgIpc) is 3.28. The fraction of sp³-hybridized carbons (Fsp3) is 0.842. The van der Waals surface area contributed by atoms with E-state index in [1.165, 1.54) is 186 Å². The summed E-state index contributed by atoms with van der Waals surface area (Å²) >= 11 is 0. The quantitative estimate of drug-likeness (QED) is 0.0243. The van der Waals surface area contributed by atoms with Gasteiger partial charge < -0.3 is 19.8 Å². The van der Waals surface area contributed by atoms with Gasteiger partial charge in [0.15, 0.2) is 0 Å². The molecular formula is C57H110N2O6P+. The number of allylic oxidation sites excluding steroid dienone is 7. The Kier molecular flexibility index (Phi) is 47.4. The summed E-state index contributed by atoms with van der Waals surface area (Å²) in [6, 6.07) is -0.847. The summed E-state index contributed by atoms with van der Waals surface area (Å²) in [4.78, 5) is 23.3. The predicted octanol–water partition coefficient (Wildman–Crippen LogP) is 16.8. The molecule has 8 nitrogen and oxygen atoms in total. The number of phosphoric ester groups is 1. The number of carbonyl (C=O) groups is 1. The fourth-order valence-corrected chi connectivity index (χ4v) is 8.84. The minimum atomic E-state index is -4.34. The predicted molar refractivity (Wildman–Crippen MR) is 286 cm³/mol. The lowest BCUT2D eigenvalue weighted by molar-refractivity contribution is -0.870. The summed E-state index contributed by atoms with van der Waals surface area (Å²) < 4.78 is 23.7. The molecule has 0 spiro atoms. The van der Waals surface area contributed by atoms with Crippen LogP contribution in [0.4, 0.5) is 0 Å². The van der Waals surface area contributed by atoms with Crippen LogP contribution in [-0.2, 0) is 18.4 Å². The Morgan fingerprint density at radius 1 is 0.515 bits per heavy atom. The number of carbonyl (C=O) groups excluding carboxylic acids is 1. The first-order chi connectivity index (χ1) is 32.0. The zero-order valence-electron chi connectivity index (χ0n) is 44.2. The number of aliphatic hydroxyl groups is 1. The van der Waals surface area contributed by atoms with Crippen LogP contribution in [0.3, 0.4) is 0 Å². The molecular weight excluding hydrogens is 840 g/mol. The molecule has 66 heavy (non-hydrogen) atoms. The van der Waals surface area contributed by atoms with Crippen molar-refractivity contribution in [1.82, 2.24) is 5.32 Å². The lowest BCUT2D eigenvalue weighted by Crippen LogP contribution is -2.45. The number of rotatable bonds is 51. The molecule has 9 heteroatoms. The Labute approximate surface area is 409 Å². The fourth-order valence-electron chi connectivity index (χ4n) is 8.11. The van der Waals surface area contributed by atoms with Crippen molar-refractivity contribution in [2.24, 2.45) is 0 Å². The van der Waals surface area contributed by atoms with Crippen LogP contribution in [0.5, 0.6) is 0 Å². The molecule has 0 aromatic heterocycles. The maximum Gasteiger partial charge on any atom is 0.472 e. The Hall–Kier alpha value is -1.54. The molecule has 0 aromatic carbocycles. The van der Waals surface area contributed by atoms with Gasteiger partial charge in [-0.1, -0.05) is 242 Å². The van der Waals surface area contributed by atoms with E-state index in [9.17, 15) is 19.4 Å². The van der Waals surface area contributed by atoms with Gasteiger partial charge in [0.05, 0.1) is 39.9 Å². The lowest BCUT2D eigenvalue weighted by Gasteiger charge is -2.25. The summed E-state index contributed by atoms with van der Waals surface area (Å²) in [5, 5.41) is 13.9. The van der Waals surface area contributed by atoms with E-state index in [-0.39, 0.29) is 19.1 Å². The van der Waals surface area contributed by atoms with Gasteiger partial charge in [-0.05, 0) is 57.8 Å². The zero-order valence-corrected chi connectivity index (χ0v) is 45.1. The van der Waals surface area contributed by atoms with E-state index in [0.29, 0.717) is 17.4 Å². The summed E-state index contributed by atoms with van der Waals surface area (Å²) in [5.74, 6) is -0.177. The number of hydrogen-bond donors (Lipinski definition) is 3. The molecule has 0 aliphatic rings. The Balaban J connectivity index is 4.14. The van der Waals surface area contributed by atoms with Crippen molar-refractivity contribution in [1.29, 1.82) is 0 Å². The summed E-state index contributed by atoms with van der Waals surface area (Å²) in [5.41, 5.74) is 0. The molecule has 0 aliphatic heterocycles. The molecule has 0 aromatic rings. The van der Waals surface area contributed by atoms with Gasteiger partial charge in [0, 0.05) is 6.42 Å². The summed E-state index contributed by atoms with van der Waals surface area (Å²) in [6.45, 7) is 4.82. The minimum Gasteiger partial charge on any atom is -0.387 e. The molecule has 3 unspecified atom stereocenters. The van der Waals surface area contributed by atoms with Crippen LogP contribution in [0, 0.1) is 0 Å². The first-order valence-electron chi connectivity index (χ1n) is 28.0. The molecule has 3 N–H and O–H groups in total. The molecule has 3 atom stereocenters. The number of aliphatic hydroxyl groups excluding tert-OH is 1. The van der Waals surface area contributed by atoms with E-state index in [1.807, 2.05) is 27.2 Å². The molecule has 388 valence electrons. The standard InChI is InChI=1S/C57H109N2O6P/c1-6-8-10-12-14-16-18-20-22-23-24-25-26-27-28-29-30-31-32-33-34-35-37-39-41-43-45-47-49-51-57(61)58-55(54-65-66(62,63)64-53-52-59(3,4)5)56(60)50-48-46-44-42-40-38-36-21-19-17-15-13-11-9-7-2/h18,20,23-24,26-27,48,50,55-56,60H,6-17,19,21-22,25,28-47,49,51-54H2,1-5H3,(H-,58,61,62,63)/p+1/b20-18-,24-23-,27-26-,50-48+. The van der Waals surface area contributed by atoms with Crippen LogP contribution >= 0.6 is 7.82 Å². The molecule has 0 aliphatic carbocycles. The zero-order chi connectivity index (χ0) is 48.5. The number of hydrogen-bond acceptors (Lipinski definition) is 5. The maximum absolute atomic E-state index is 13.0. The van der Waals surface area contributed by atoms with Gasteiger partial charge in [-0.3, -0.25) is 13.8 Å². The second-order valence-corrected chi connectivity index (χ2v) is 21.8. The van der Waals surface area contributed by atoms with Gasteiger partial charge in [-0.15, -0.1) is 0 Å². The normalized spacial score (nSPS) is 14.3. The van der Waals surface area contributed by atoms with Crippen molar-refractivity contribution < 1.29 is 32.9 Å². The Morgan fingerprint density at radius 3 is 1.26 bits per heavy atom. The first-order valence-corrected chi connectivity index (χ1v) is 29.5. The van der Waals surface area contributed by atoms with Crippen LogP contribution < -0.4 is 5.32 Å². The van der Waals surface area contributed by atoms with Gasteiger partial charge in [0.2, 0.25) is 5.91 Å². The Bertz CT molecular complexity index is 1210. The number of unbranched alkanes of at least 4 members (excludes halogenated alkanes) is 32. The van der Waals surface area contributed by atoms with Crippen molar-refractivity contribution in [2.75, 3.05) is 40.9 Å². The average molecular weight is 950 g/mol. The van der Waals surface area contributed by atoms with Gasteiger partial charge in [-0.2, -0.15) is 0 Å². The third kappa shape index (κ3) is 50.3. The van der Waals surface area contributed by atoms with E-state index in [4.69, 9.17) is 9.05 Å². The highest BCUT2D eigenvalue weighted by molar-refractivity contribution is 7.47. The van der Waals surface area contributed by atoms with Crippen LogP contribution in [0.25, 0.3) is 0 Å². The van der Waals surface area contributed by atoms with Crippen molar-refractivity contribution in [3.05, 3.63) is 48.6 Å². The Morgan fingerprint density at radius 2 is 0.864 bits per heavy atom. The van der Waals surface area contributed by atoms with Gasteiger partial charge in [0.1, 0.15) is 13.2 Å². The van der Waals surface area contributed by atoms with Crippen LogP contribution in [0.2, 0.25) is 0 Å². The van der Waals surface area contributed by atoms with Crippen molar-refractivity contribution in [3.8, 4) is 0 Å². The molecule has 0 radical (unpaired) electrons. The number of nitrogens with one attached hydrogen (secondary N) is 1. The van der Waals surface area contributed by atoms with Crippen molar-refractivity contribution in [3.63, 3.8) is 0 Å². The first kappa shape index (κ1) is 64.5. The number of likely N-dealkylation sites (N-methyl/N-ethyl adjacent to an activating group) is 1. The lowest BCUT2D eigenvalue weighted by atomic mass is 10.0. The van der Waals surface area contributed by atoms with Crippen LogP contribution in [0.15, 0.2) is 48.6 Å². The molecule has 1 amide bonds. The maximum atomic E-state index is 13.0. The SMILES string of the molecule is CCCCCCC/C=C\C/C=C\C/C=C\CCCCCCCCCCCCCCCCC(=O)NC(COP(=O)(O)OCC[N+](C)(C)C)C(O)/C=C/CCCCCCCCCCCCCCC. The summed E-state index contributed by atoms with van der Waals surface area (Å²) in [7, 11) is 1.57. The molecule has 0 saturated carbocycles. The van der Waals surface area contributed by atoms with Crippen molar-refractivity contribution >= 4 is 13.7 Å². The topological polar surface area (TPSA) is 105 Å². The molecule has 0 saturated heterocycles. The van der Waals surface area contributed by atoms with Gasteiger partial charge in [-0.25, -0.2) is 4.57 Å². The summed E-state index contributed by atoms with van der Waals surface area (Å²) in [6.07, 6.45) is 63.4. The highest BCUT2D eigenvalue weighted by Gasteiger charge is 2.27. The van der Waals surface area contributed by atoms with E-state index in [1.54, 1.807) is 6.08 Å². The van der Waals surface area contributed by atoms with Crippen LogP contribution in [-0.4, -0.2) is 73.4 Å². The van der Waals surface area contributed by atoms with E-state index in [2.05, 4.69) is 55.6 Å². The number of phosphoric acid groups is 1. The van der Waals surface area contributed by atoms with Gasteiger partial charge in [0.25, 0.3) is 0 Å². The van der Waals surface area contributed by atoms with E-state index < -0.39 is 20.0 Å². The van der Waals surface area contributed by atoms with Crippen LogP contribution in [0.1, 0.15) is 258 Å².